The van der Waals surface area contributed by atoms with E-state index in [9.17, 15) is 4.79 Å². The Labute approximate surface area is 217 Å². The molecule has 8 nitrogen and oxygen atoms in total. The second-order valence-corrected chi connectivity index (χ2v) is 8.89. The zero-order valence-electron chi connectivity index (χ0n) is 20.1. The lowest BCUT2D eigenvalue weighted by molar-refractivity contribution is -0.114. The first kappa shape index (κ1) is 25.3. The van der Waals surface area contributed by atoms with Gasteiger partial charge in [-0.1, -0.05) is 29.0 Å². The van der Waals surface area contributed by atoms with Crippen molar-refractivity contribution < 1.29 is 23.7 Å². The van der Waals surface area contributed by atoms with Gasteiger partial charge in [0.2, 0.25) is 5.75 Å². The molecule has 0 saturated heterocycles. The molecule has 0 atom stereocenters. The molecule has 0 radical (unpaired) electrons. The monoisotopic (exact) mass is 525 g/mol. The first-order valence-corrected chi connectivity index (χ1v) is 12.0. The molecule has 0 fully saturated rings. The van der Waals surface area contributed by atoms with Crippen LogP contribution in [0, 0.1) is 0 Å². The molecular weight excluding hydrogens is 502 g/mol. The molecule has 4 aromatic rings. The van der Waals surface area contributed by atoms with E-state index in [0.717, 1.165) is 10.3 Å². The number of methoxy groups -OCH3 is 4. The number of anilines is 1. The maximum absolute atomic E-state index is 13.5. The lowest BCUT2D eigenvalue weighted by Crippen LogP contribution is -2.28. The van der Waals surface area contributed by atoms with Gasteiger partial charge in [0.05, 0.1) is 44.7 Å². The Morgan fingerprint density at radius 3 is 2.36 bits per heavy atom. The normalized spacial score (nSPS) is 11.0. The van der Waals surface area contributed by atoms with Gasteiger partial charge < -0.3 is 18.9 Å². The summed E-state index contributed by atoms with van der Waals surface area (Å²) in [4.78, 5) is 23.9. The average molecular weight is 526 g/mol. The number of carbonyl (C=O) groups is 1. The fraction of sp³-hybridized carbons (Fsp3) is 0.192. The Morgan fingerprint density at radius 2 is 1.75 bits per heavy atom. The summed E-state index contributed by atoms with van der Waals surface area (Å²) in [5.74, 6) is 1.76. The van der Waals surface area contributed by atoms with Crippen LogP contribution in [0.2, 0.25) is 5.02 Å². The summed E-state index contributed by atoms with van der Waals surface area (Å²) >= 11 is 7.74. The summed E-state index contributed by atoms with van der Waals surface area (Å²) in [6.45, 7) is 0.270. The molecular formula is C26H24ClN3O5S. The summed E-state index contributed by atoms with van der Waals surface area (Å²) < 4.78 is 22.4. The Hall–Kier alpha value is -3.82. The highest BCUT2D eigenvalue weighted by Crippen LogP contribution is 2.40. The number of nitrogens with zero attached hydrogens (tertiary/aromatic N) is 3. The Balaban J connectivity index is 1.73. The number of pyridine rings is 1. The molecule has 0 spiro atoms. The van der Waals surface area contributed by atoms with E-state index in [4.69, 9.17) is 35.5 Å². The summed E-state index contributed by atoms with van der Waals surface area (Å²) in [5, 5.41) is 1.02. The first-order valence-electron chi connectivity index (χ1n) is 10.8. The van der Waals surface area contributed by atoms with E-state index in [0.29, 0.717) is 44.2 Å². The van der Waals surface area contributed by atoms with Gasteiger partial charge in [-0.2, -0.15) is 0 Å². The minimum absolute atomic E-state index is 0.270. The largest absolute Gasteiger partial charge is 0.494 e. The van der Waals surface area contributed by atoms with Crippen molar-refractivity contribution >= 4 is 50.3 Å². The van der Waals surface area contributed by atoms with E-state index in [1.807, 2.05) is 12.1 Å². The van der Waals surface area contributed by atoms with E-state index in [1.165, 1.54) is 38.7 Å². The van der Waals surface area contributed by atoms with E-state index >= 15 is 0 Å². The smallest absolute Gasteiger partial charge is 0.253 e. The summed E-state index contributed by atoms with van der Waals surface area (Å²) in [6.07, 6.45) is 6.55. The third kappa shape index (κ3) is 5.22. The highest BCUT2D eigenvalue weighted by molar-refractivity contribution is 7.23. The van der Waals surface area contributed by atoms with Crippen molar-refractivity contribution in [1.29, 1.82) is 0 Å². The van der Waals surface area contributed by atoms with Crippen LogP contribution >= 0.6 is 22.9 Å². The van der Waals surface area contributed by atoms with Crippen LogP contribution in [-0.4, -0.2) is 44.3 Å². The van der Waals surface area contributed by atoms with E-state index in [2.05, 4.69) is 4.98 Å². The third-order valence-corrected chi connectivity index (χ3v) is 6.87. The standard InChI is InChI=1S/C26H24ClN3O5S/c1-32-19-9-8-18(27)25-23(19)29-26(36-25)30(15-17-6-5-11-28-14-17)22(31)10-7-16-12-20(33-2)24(35-4)21(13-16)34-3/h5-14H,15H2,1-4H3/b10-7+. The van der Waals surface area contributed by atoms with Gasteiger partial charge in [0, 0.05) is 18.5 Å². The maximum atomic E-state index is 13.5. The van der Waals surface area contributed by atoms with Crippen molar-refractivity contribution in [3.63, 3.8) is 0 Å². The molecule has 4 rings (SSSR count). The van der Waals surface area contributed by atoms with Crippen molar-refractivity contribution in [3.8, 4) is 23.0 Å². The zero-order valence-corrected chi connectivity index (χ0v) is 21.7. The molecule has 0 aliphatic carbocycles. The van der Waals surface area contributed by atoms with Crippen molar-refractivity contribution in [2.45, 2.75) is 6.54 Å². The van der Waals surface area contributed by atoms with Gasteiger partial charge >= 0.3 is 0 Å². The van der Waals surface area contributed by atoms with Crippen LogP contribution in [0.1, 0.15) is 11.1 Å². The molecule has 0 aliphatic heterocycles. The van der Waals surface area contributed by atoms with Crippen molar-refractivity contribution in [1.82, 2.24) is 9.97 Å². The van der Waals surface area contributed by atoms with Gasteiger partial charge in [-0.05, 0) is 47.5 Å². The van der Waals surface area contributed by atoms with Gasteiger partial charge in [-0.3, -0.25) is 14.7 Å². The lowest BCUT2D eigenvalue weighted by atomic mass is 10.1. The molecule has 0 unspecified atom stereocenters. The van der Waals surface area contributed by atoms with Crippen molar-refractivity contribution in [3.05, 3.63) is 71.0 Å². The molecule has 2 aromatic carbocycles. The number of amides is 1. The number of aromatic nitrogens is 2. The number of thiazole rings is 1. The number of hydrogen-bond donors (Lipinski definition) is 0. The Bertz CT molecular complexity index is 1380. The molecule has 0 N–H and O–H groups in total. The maximum Gasteiger partial charge on any atom is 0.253 e. The SMILES string of the molecule is COc1cc(/C=C/C(=O)N(Cc2cccnc2)c2nc3c(OC)ccc(Cl)c3s2)cc(OC)c1OC. The number of ether oxygens (including phenoxy) is 4. The van der Waals surface area contributed by atoms with Crippen LogP contribution in [0.4, 0.5) is 5.13 Å². The average Bonchev–Trinajstić information content (AvgIpc) is 3.36. The molecule has 2 heterocycles. The highest BCUT2D eigenvalue weighted by atomic mass is 35.5. The summed E-state index contributed by atoms with van der Waals surface area (Å²) in [7, 11) is 6.19. The summed E-state index contributed by atoms with van der Waals surface area (Å²) in [5.41, 5.74) is 2.15. The number of hydrogen-bond acceptors (Lipinski definition) is 8. The minimum Gasteiger partial charge on any atom is -0.494 e. The Morgan fingerprint density at radius 1 is 1.03 bits per heavy atom. The van der Waals surface area contributed by atoms with Gasteiger partial charge in [0.25, 0.3) is 5.91 Å². The third-order valence-electron chi connectivity index (χ3n) is 5.33. The van der Waals surface area contributed by atoms with E-state index < -0.39 is 0 Å². The lowest BCUT2D eigenvalue weighted by Gasteiger charge is -2.18. The molecule has 1 amide bonds. The van der Waals surface area contributed by atoms with Crippen LogP contribution in [0.15, 0.2) is 54.9 Å². The molecule has 10 heteroatoms. The van der Waals surface area contributed by atoms with Crippen LogP contribution in [0.25, 0.3) is 16.3 Å². The fourth-order valence-electron chi connectivity index (χ4n) is 3.59. The molecule has 0 saturated carbocycles. The van der Waals surface area contributed by atoms with Gasteiger partial charge in [0.1, 0.15) is 11.3 Å². The fourth-order valence-corrected chi connectivity index (χ4v) is 4.85. The molecule has 0 aliphatic rings. The molecule has 186 valence electrons. The number of carbonyl (C=O) groups excluding carboxylic acids is 1. The first-order chi connectivity index (χ1) is 17.5. The van der Waals surface area contributed by atoms with Crippen LogP contribution < -0.4 is 23.8 Å². The second-order valence-electron chi connectivity index (χ2n) is 7.50. The molecule has 0 bridgehead atoms. The predicted octanol–water partition coefficient (Wildman–Crippen LogP) is 5.63. The van der Waals surface area contributed by atoms with Crippen LogP contribution in [0.3, 0.4) is 0 Å². The zero-order chi connectivity index (χ0) is 25.7. The van der Waals surface area contributed by atoms with Crippen LogP contribution in [-0.2, 0) is 11.3 Å². The number of fused-ring (bicyclic) bond motifs is 1. The van der Waals surface area contributed by atoms with E-state index in [1.54, 1.807) is 54.7 Å². The predicted molar refractivity (Wildman–Crippen MR) is 142 cm³/mol. The van der Waals surface area contributed by atoms with Gasteiger partial charge in [-0.25, -0.2) is 4.98 Å². The number of halogens is 1. The van der Waals surface area contributed by atoms with Gasteiger partial charge in [0.15, 0.2) is 16.6 Å². The van der Waals surface area contributed by atoms with Crippen molar-refractivity contribution in [2.24, 2.45) is 0 Å². The van der Waals surface area contributed by atoms with Gasteiger partial charge in [-0.15, -0.1) is 0 Å². The number of benzene rings is 2. The topological polar surface area (TPSA) is 83.0 Å². The summed E-state index contributed by atoms with van der Waals surface area (Å²) in [6, 6.07) is 10.8. The molecule has 2 aromatic heterocycles. The van der Waals surface area contributed by atoms with Crippen molar-refractivity contribution in [2.75, 3.05) is 33.3 Å². The highest BCUT2D eigenvalue weighted by Gasteiger charge is 2.21. The van der Waals surface area contributed by atoms with E-state index in [-0.39, 0.29) is 12.5 Å². The molecule has 36 heavy (non-hydrogen) atoms. The van der Waals surface area contributed by atoms with Crippen LogP contribution in [0.5, 0.6) is 23.0 Å². The number of rotatable bonds is 9. The minimum atomic E-state index is -0.276. The quantitative estimate of drug-likeness (QED) is 0.262. The second kappa shape index (κ2) is 11.3. The Kier molecular flexibility index (Phi) is 7.92.